The van der Waals surface area contributed by atoms with Crippen molar-refractivity contribution in [2.24, 2.45) is 5.41 Å². The van der Waals surface area contributed by atoms with Crippen molar-refractivity contribution in [2.45, 2.75) is 39.9 Å². The monoisotopic (exact) mass is 476 g/mol. The number of rotatable bonds is 9. The van der Waals surface area contributed by atoms with Crippen LogP contribution in [-0.2, 0) is 11.4 Å². The maximum atomic E-state index is 13.1. The van der Waals surface area contributed by atoms with Gasteiger partial charge in [0.05, 0.1) is 16.0 Å². The normalized spacial score (nSPS) is 11.9. The molecule has 0 saturated carbocycles. The van der Waals surface area contributed by atoms with E-state index in [1.807, 2.05) is 12.1 Å². The van der Waals surface area contributed by atoms with Crippen LogP contribution in [0.1, 0.15) is 43.1 Å². The van der Waals surface area contributed by atoms with E-state index in [0.717, 1.165) is 5.39 Å². The molecule has 0 radical (unpaired) electrons. The molecule has 0 atom stereocenters. The molecule has 5 nitrogen and oxygen atoms in total. The number of hydrogen-bond acceptors (Lipinski definition) is 4. The fourth-order valence-electron chi connectivity index (χ4n) is 3.26. The summed E-state index contributed by atoms with van der Waals surface area (Å²) in [5.74, 6) is -1.29. The molecule has 1 N–H and O–H groups in total. The van der Waals surface area contributed by atoms with E-state index in [0.29, 0.717) is 23.6 Å². The topological polar surface area (TPSA) is 72.8 Å². The Balaban J connectivity index is 1.92. The highest BCUT2D eigenvalue weighted by molar-refractivity contribution is 6.32. The van der Waals surface area contributed by atoms with Crippen LogP contribution in [0.5, 0.6) is 11.5 Å². The van der Waals surface area contributed by atoms with Gasteiger partial charge in [0, 0.05) is 18.7 Å². The second-order valence-electron chi connectivity index (χ2n) is 8.42. The van der Waals surface area contributed by atoms with Gasteiger partial charge in [-0.05, 0) is 43.0 Å². The molecule has 33 heavy (non-hydrogen) atoms. The molecule has 174 valence electrons. The molecule has 0 aliphatic carbocycles. The van der Waals surface area contributed by atoms with Crippen molar-refractivity contribution in [3.8, 4) is 11.5 Å². The lowest BCUT2D eigenvalue weighted by Gasteiger charge is -2.20. The molecular formula is C25H23ClF2O5. The van der Waals surface area contributed by atoms with Crippen molar-refractivity contribution in [1.29, 1.82) is 0 Å². The van der Waals surface area contributed by atoms with Crippen molar-refractivity contribution in [3.05, 3.63) is 70.7 Å². The Morgan fingerprint density at radius 2 is 1.73 bits per heavy atom. The van der Waals surface area contributed by atoms with Gasteiger partial charge in [-0.1, -0.05) is 48.0 Å². The zero-order valence-corrected chi connectivity index (χ0v) is 19.1. The van der Waals surface area contributed by atoms with Crippen molar-refractivity contribution in [3.63, 3.8) is 0 Å². The summed E-state index contributed by atoms with van der Waals surface area (Å²) in [6.45, 7) is 3.59. The molecule has 0 saturated heterocycles. The summed E-state index contributed by atoms with van der Waals surface area (Å²) in [6.07, 6.45) is -3.58. The summed E-state index contributed by atoms with van der Waals surface area (Å²) in [5.41, 5.74) is -0.409. The van der Waals surface area contributed by atoms with Crippen LogP contribution < -0.4 is 9.47 Å². The molecule has 0 spiro atoms. The van der Waals surface area contributed by atoms with Crippen LogP contribution in [0.3, 0.4) is 0 Å². The van der Waals surface area contributed by atoms with Crippen LogP contribution in [0, 0.1) is 5.41 Å². The number of ketones is 1. The molecule has 0 amide bonds. The zero-order valence-electron chi connectivity index (χ0n) is 18.3. The van der Waals surface area contributed by atoms with Crippen LogP contribution in [-0.4, -0.2) is 23.0 Å². The van der Waals surface area contributed by atoms with Crippen molar-refractivity contribution in [1.82, 2.24) is 0 Å². The van der Waals surface area contributed by atoms with Gasteiger partial charge in [0.2, 0.25) is 0 Å². The Hall–Kier alpha value is -3.19. The quantitative estimate of drug-likeness (QED) is 0.346. The lowest BCUT2D eigenvalue weighted by molar-refractivity contribution is -0.158. The average Bonchev–Trinajstić information content (AvgIpc) is 2.72. The average molecular weight is 477 g/mol. The van der Waals surface area contributed by atoms with Gasteiger partial charge in [-0.3, -0.25) is 9.59 Å². The van der Waals surface area contributed by atoms with Gasteiger partial charge in [-0.25, -0.2) is 0 Å². The van der Waals surface area contributed by atoms with E-state index in [9.17, 15) is 23.5 Å². The van der Waals surface area contributed by atoms with Crippen LogP contribution >= 0.6 is 11.6 Å². The van der Waals surface area contributed by atoms with Gasteiger partial charge in [0.15, 0.2) is 5.78 Å². The lowest BCUT2D eigenvalue weighted by atomic mass is 9.85. The standard InChI is InChI=1S/C25H23ClF2O5/c1-24(2,23(30)31)13-20(29)18-10-9-16-6-4-5-7-17(16)22(18)32-14-15-8-11-21(19(26)12-15)33-25(3,27)28/h4-12H,13-14H2,1-3H3,(H,30,31). The van der Waals surface area contributed by atoms with Gasteiger partial charge >= 0.3 is 12.1 Å². The fraction of sp³-hybridized carbons (Fsp3) is 0.280. The number of carboxylic acids is 1. The molecular weight excluding hydrogens is 454 g/mol. The first kappa shape index (κ1) is 24.5. The molecule has 0 bridgehead atoms. The maximum absolute atomic E-state index is 13.1. The van der Waals surface area contributed by atoms with Gasteiger partial charge in [0.25, 0.3) is 0 Å². The molecule has 3 aromatic rings. The third kappa shape index (κ3) is 5.99. The minimum absolute atomic E-state index is 0.000864. The molecule has 0 unspecified atom stereocenters. The smallest absolute Gasteiger partial charge is 0.394 e. The van der Waals surface area contributed by atoms with Crippen molar-refractivity contribution >= 4 is 34.1 Å². The summed E-state index contributed by atoms with van der Waals surface area (Å²) in [7, 11) is 0. The highest BCUT2D eigenvalue weighted by Gasteiger charge is 2.32. The SMILES string of the molecule is CC(F)(F)Oc1ccc(COc2c(C(=O)CC(C)(C)C(=O)O)ccc3ccccc23)cc1Cl. The number of ether oxygens (including phenoxy) is 2. The van der Waals surface area contributed by atoms with Crippen LogP contribution in [0.25, 0.3) is 10.8 Å². The van der Waals surface area contributed by atoms with E-state index in [2.05, 4.69) is 4.74 Å². The lowest BCUT2D eigenvalue weighted by Crippen LogP contribution is -2.27. The highest BCUT2D eigenvalue weighted by atomic mass is 35.5. The minimum atomic E-state index is -3.37. The molecule has 0 aliphatic heterocycles. The summed E-state index contributed by atoms with van der Waals surface area (Å²) < 4.78 is 36.8. The third-order valence-electron chi connectivity index (χ3n) is 5.03. The summed E-state index contributed by atoms with van der Waals surface area (Å²) in [4.78, 5) is 24.5. The Morgan fingerprint density at radius 1 is 1.03 bits per heavy atom. The number of benzene rings is 3. The molecule has 3 rings (SSSR count). The van der Waals surface area contributed by atoms with Crippen LogP contribution in [0.15, 0.2) is 54.6 Å². The van der Waals surface area contributed by atoms with Gasteiger partial charge < -0.3 is 14.6 Å². The number of aliphatic carboxylic acids is 1. The molecule has 0 fully saturated rings. The first-order chi connectivity index (χ1) is 15.4. The summed E-state index contributed by atoms with van der Waals surface area (Å²) in [6, 6.07) is 15.0. The molecule has 3 aromatic carbocycles. The predicted octanol–water partition coefficient (Wildman–Crippen LogP) is 6.75. The van der Waals surface area contributed by atoms with E-state index in [1.54, 1.807) is 24.3 Å². The molecule has 8 heteroatoms. The van der Waals surface area contributed by atoms with E-state index in [1.165, 1.54) is 32.0 Å². The number of carbonyl (C=O) groups excluding carboxylic acids is 1. The summed E-state index contributed by atoms with van der Waals surface area (Å²) in [5, 5.41) is 10.9. The van der Waals surface area contributed by atoms with Gasteiger partial charge in [0.1, 0.15) is 18.1 Å². The number of halogens is 3. The number of Topliss-reactive ketones (excluding diaryl/α,β-unsaturated/α-hetero) is 1. The maximum Gasteiger partial charge on any atom is 0.394 e. The zero-order chi connectivity index (χ0) is 24.4. The first-order valence-electron chi connectivity index (χ1n) is 10.1. The van der Waals surface area contributed by atoms with Gasteiger partial charge in [-0.2, -0.15) is 8.78 Å². The Kier molecular flexibility index (Phi) is 6.93. The third-order valence-corrected chi connectivity index (χ3v) is 5.33. The molecule has 0 aliphatic rings. The van der Waals surface area contributed by atoms with E-state index in [-0.39, 0.29) is 35.1 Å². The number of fused-ring (bicyclic) bond motifs is 1. The minimum Gasteiger partial charge on any atom is -0.487 e. The van der Waals surface area contributed by atoms with E-state index >= 15 is 0 Å². The Bertz CT molecular complexity index is 1200. The van der Waals surface area contributed by atoms with E-state index < -0.39 is 17.5 Å². The Morgan fingerprint density at radius 3 is 2.36 bits per heavy atom. The van der Waals surface area contributed by atoms with Crippen molar-refractivity contribution < 1.29 is 33.0 Å². The Labute approximate surface area is 194 Å². The fourth-order valence-corrected chi connectivity index (χ4v) is 3.50. The van der Waals surface area contributed by atoms with Gasteiger partial charge in [-0.15, -0.1) is 0 Å². The van der Waals surface area contributed by atoms with Crippen molar-refractivity contribution in [2.75, 3.05) is 0 Å². The largest absolute Gasteiger partial charge is 0.487 e. The number of carbonyl (C=O) groups is 2. The predicted molar refractivity (Wildman–Crippen MR) is 121 cm³/mol. The number of hydrogen-bond donors (Lipinski definition) is 1. The molecule has 0 aromatic heterocycles. The van der Waals surface area contributed by atoms with Crippen LogP contribution in [0.2, 0.25) is 5.02 Å². The second-order valence-corrected chi connectivity index (χ2v) is 8.82. The highest BCUT2D eigenvalue weighted by Crippen LogP contribution is 2.35. The molecule has 0 heterocycles. The summed E-state index contributed by atoms with van der Waals surface area (Å²) >= 11 is 6.07. The number of carboxylic acid groups (broad SMARTS) is 1. The second kappa shape index (κ2) is 9.35. The van der Waals surface area contributed by atoms with Crippen LogP contribution in [0.4, 0.5) is 8.78 Å². The first-order valence-corrected chi connectivity index (χ1v) is 10.5. The number of alkyl halides is 2. The van der Waals surface area contributed by atoms with E-state index in [4.69, 9.17) is 16.3 Å².